The van der Waals surface area contributed by atoms with Crippen molar-refractivity contribution in [1.29, 1.82) is 0 Å². The average Bonchev–Trinajstić information content (AvgIpc) is 3.38. The topological polar surface area (TPSA) is 59.2 Å². The Bertz CT molecular complexity index is 742. The minimum absolute atomic E-state index is 0. The Balaban J connectivity index is 0. The van der Waals surface area contributed by atoms with E-state index < -0.39 is 5.97 Å². The van der Waals surface area contributed by atoms with Crippen LogP contribution in [0.15, 0.2) is 41.2 Å². The molecule has 1 fully saturated rings. The third-order valence-electron chi connectivity index (χ3n) is 5.79. The zero-order valence-electron chi connectivity index (χ0n) is 21.0. The summed E-state index contributed by atoms with van der Waals surface area (Å²) in [5.41, 5.74) is 3.38. The maximum atomic E-state index is 10.2. The van der Waals surface area contributed by atoms with E-state index >= 15 is 0 Å². The van der Waals surface area contributed by atoms with Crippen LogP contribution in [-0.2, 0) is 38.8 Å². The van der Waals surface area contributed by atoms with Crippen molar-refractivity contribution >= 4 is 5.97 Å². The Morgan fingerprint density at radius 2 is 1.79 bits per heavy atom. The predicted molar refractivity (Wildman–Crippen MR) is 138 cm³/mol. The molecule has 1 atom stereocenters. The Hall–Kier alpha value is -1.36. The van der Waals surface area contributed by atoms with Crippen LogP contribution in [0.2, 0.25) is 0 Å². The molecule has 3 aliphatic rings. The molecular formula is C27H47N4O2W+. The number of hydrogen-bond acceptors (Lipinski definition) is 4. The standard InChI is InChI=1S/C10H13N.C6H13N.C5H6N2O2.C5H10.CH4.W/c1-11-7-6-9-4-2-3-5-10(9)8-11;1-6-4-3-5-7(6)2;1-7-3-4(2-6-7)5(8)9;1-3-5-4-2;;/h2-5H,6-8H2,1H3;6H,3-5H2,1-2H3;2H,3H2,1H3;1-5H2;1H4;/q;;;-2;;+2/p+1. The van der Waals surface area contributed by atoms with Crippen molar-refractivity contribution in [2.75, 3.05) is 40.8 Å². The summed E-state index contributed by atoms with van der Waals surface area (Å²) < 4.78 is 1.57. The zero-order valence-corrected chi connectivity index (χ0v) is 23.9. The molecule has 4 rings (SSSR count). The van der Waals surface area contributed by atoms with Gasteiger partial charge in [0.15, 0.2) is 7.05 Å². The Morgan fingerprint density at radius 3 is 2.15 bits per heavy atom. The van der Waals surface area contributed by atoms with Crippen molar-refractivity contribution in [1.82, 2.24) is 9.80 Å². The second-order valence-electron chi connectivity index (χ2n) is 8.68. The summed E-state index contributed by atoms with van der Waals surface area (Å²) in [6.45, 7) is 13.6. The van der Waals surface area contributed by atoms with Gasteiger partial charge in [-0.3, -0.25) is 0 Å². The van der Waals surface area contributed by atoms with Gasteiger partial charge in [0.05, 0.1) is 0 Å². The van der Waals surface area contributed by atoms with Gasteiger partial charge in [-0.1, -0.05) is 31.7 Å². The molecule has 0 amide bonds. The fourth-order valence-corrected chi connectivity index (χ4v) is 3.51. The molecule has 1 saturated heterocycles. The number of azo groups is 2. The number of fused-ring (bicyclic) bond motifs is 1. The summed E-state index contributed by atoms with van der Waals surface area (Å²) in [5.74, 6) is -0.886. The smallest absolute Gasteiger partial charge is 0.478 e. The number of likely N-dealkylation sites (N-methyl/N-ethyl adjacent to an activating group) is 2. The second kappa shape index (κ2) is 19.9. The number of rotatable bonds is 3. The molecule has 0 aliphatic carbocycles. The number of carboxylic acids is 1. The molecule has 192 valence electrons. The molecule has 6 nitrogen and oxygen atoms in total. The first-order chi connectivity index (χ1) is 15.3. The summed E-state index contributed by atoms with van der Waals surface area (Å²) >= 11 is 0. The SMILES string of the molecule is C.CC1CCCN1C.CN1CCc2ccccc2C1.C[N+]1=NC=C(C(=O)O)C1.[CH2-]CCC[CH2-].[W+2]. The predicted octanol–water partition coefficient (Wildman–Crippen LogP) is 5.30. The van der Waals surface area contributed by atoms with E-state index in [4.69, 9.17) is 5.11 Å². The Labute approximate surface area is 223 Å². The van der Waals surface area contributed by atoms with E-state index in [1.165, 1.54) is 56.1 Å². The molecule has 3 heterocycles. The summed E-state index contributed by atoms with van der Waals surface area (Å²) in [4.78, 5) is 15.0. The van der Waals surface area contributed by atoms with Gasteiger partial charge in [0.25, 0.3) is 0 Å². The molecule has 34 heavy (non-hydrogen) atoms. The third-order valence-corrected chi connectivity index (χ3v) is 5.79. The van der Waals surface area contributed by atoms with Gasteiger partial charge >= 0.3 is 27.0 Å². The maximum absolute atomic E-state index is 10.2. The fourth-order valence-electron chi connectivity index (χ4n) is 3.51. The van der Waals surface area contributed by atoms with Crippen LogP contribution in [0, 0.1) is 13.8 Å². The summed E-state index contributed by atoms with van der Waals surface area (Å²) in [6.07, 6.45) is 8.61. The van der Waals surface area contributed by atoms with E-state index in [0.717, 1.165) is 25.4 Å². The van der Waals surface area contributed by atoms with Gasteiger partial charge in [-0.05, 0) is 63.1 Å². The molecule has 0 aromatic heterocycles. The molecule has 0 spiro atoms. The molecule has 0 bridgehead atoms. The van der Waals surface area contributed by atoms with Gasteiger partial charge in [-0.15, -0.1) is 11.1 Å². The van der Waals surface area contributed by atoms with Gasteiger partial charge in [0.2, 0.25) is 6.54 Å². The molecule has 0 radical (unpaired) electrons. The molecule has 3 aliphatic heterocycles. The van der Waals surface area contributed by atoms with Crippen molar-refractivity contribution in [3.63, 3.8) is 0 Å². The van der Waals surface area contributed by atoms with Gasteiger partial charge in [-0.2, -0.15) is 12.8 Å². The van der Waals surface area contributed by atoms with Crippen molar-refractivity contribution in [3.8, 4) is 0 Å². The average molecular weight is 644 g/mol. The van der Waals surface area contributed by atoms with E-state index in [1.54, 1.807) is 11.7 Å². The third kappa shape index (κ3) is 14.1. The van der Waals surface area contributed by atoms with Crippen LogP contribution in [0.1, 0.15) is 57.6 Å². The number of unbranched alkanes of at least 4 members (excludes halogenated alkanes) is 2. The van der Waals surface area contributed by atoms with Crippen LogP contribution in [0.3, 0.4) is 0 Å². The van der Waals surface area contributed by atoms with Crippen molar-refractivity contribution in [3.05, 3.63) is 61.0 Å². The summed E-state index contributed by atoms with van der Waals surface area (Å²) in [6, 6.07) is 9.56. The number of benzene rings is 1. The Kier molecular flexibility index (Phi) is 20.4. The first kappa shape index (κ1) is 34.8. The number of hydrogen-bond donors (Lipinski definition) is 1. The van der Waals surface area contributed by atoms with Crippen molar-refractivity contribution in [2.24, 2.45) is 5.11 Å². The normalized spacial score (nSPS) is 18.6. The van der Waals surface area contributed by atoms with E-state index in [2.05, 4.69) is 74.0 Å². The van der Waals surface area contributed by atoms with Crippen LogP contribution in [0.25, 0.3) is 0 Å². The maximum Gasteiger partial charge on any atom is 2.00 e. The first-order valence-electron chi connectivity index (χ1n) is 11.7. The molecular weight excluding hydrogens is 596 g/mol. The van der Waals surface area contributed by atoms with Crippen LogP contribution in [0.4, 0.5) is 0 Å². The first-order valence-corrected chi connectivity index (χ1v) is 11.7. The van der Waals surface area contributed by atoms with E-state index in [9.17, 15) is 4.79 Å². The van der Waals surface area contributed by atoms with Crippen LogP contribution >= 0.6 is 0 Å². The minimum Gasteiger partial charge on any atom is -0.478 e. The molecule has 7 heteroatoms. The largest absolute Gasteiger partial charge is 2.00 e. The minimum atomic E-state index is -0.886. The van der Waals surface area contributed by atoms with Gasteiger partial charge in [0, 0.05) is 19.1 Å². The second-order valence-corrected chi connectivity index (χ2v) is 8.68. The fraction of sp³-hybridized carbons (Fsp3) is 0.593. The van der Waals surface area contributed by atoms with Gasteiger partial charge in [-0.25, -0.2) is 4.79 Å². The molecule has 1 unspecified atom stereocenters. The Morgan fingerprint density at radius 1 is 1.18 bits per heavy atom. The van der Waals surface area contributed by atoms with Crippen LogP contribution < -0.4 is 0 Å². The van der Waals surface area contributed by atoms with Crippen LogP contribution in [-0.4, -0.2) is 72.4 Å². The van der Waals surface area contributed by atoms with Crippen LogP contribution in [0.5, 0.6) is 0 Å². The number of aliphatic carboxylic acids is 1. The quantitative estimate of drug-likeness (QED) is 0.359. The molecule has 1 aromatic rings. The van der Waals surface area contributed by atoms with Crippen molar-refractivity contribution in [2.45, 2.75) is 65.5 Å². The van der Waals surface area contributed by atoms with E-state index in [-0.39, 0.29) is 28.5 Å². The molecule has 1 N–H and O–H groups in total. The number of likely N-dealkylation sites (tertiary alicyclic amines) is 1. The number of nitrogens with zero attached hydrogens (tertiary/aromatic N) is 4. The number of carboxylic acid groups (broad SMARTS) is 1. The van der Waals surface area contributed by atoms with Crippen molar-refractivity contribution < 1.29 is 35.7 Å². The molecule has 1 aromatic carbocycles. The van der Waals surface area contributed by atoms with E-state index in [1.807, 2.05) is 0 Å². The monoisotopic (exact) mass is 643 g/mol. The number of carbonyl (C=O) groups is 1. The zero-order chi connectivity index (χ0) is 23.9. The summed E-state index contributed by atoms with van der Waals surface area (Å²) in [5, 5.41) is 12.1. The summed E-state index contributed by atoms with van der Waals surface area (Å²) in [7, 11) is 6.10. The van der Waals surface area contributed by atoms with Gasteiger partial charge in [0.1, 0.15) is 11.8 Å². The molecule has 0 saturated carbocycles. The van der Waals surface area contributed by atoms with E-state index in [0.29, 0.717) is 12.1 Å². The van der Waals surface area contributed by atoms with Gasteiger partial charge < -0.3 is 28.8 Å².